The van der Waals surface area contributed by atoms with Gasteiger partial charge in [0.25, 0.3) is 5.91 Å². The molecule has 2 bridgehead atoms. The maximum atomic E-state index is 14.7. The Hall–Kier alpha value is -2.11. The molecule has 1 N–H and O–H groups in total. The van der Waals surface area contributed by atoms with Gasteiger partial charge >= 0.3 is 0 Å². The number of fused-ring (bicyclic) bond motifs is 2. The summed E-state index contributed by atoms with van der Waals surface area (Å²) in [6.45, 7) is 0. The highest BCUT2D eigenvalue weighted by atomic mass is 35.5. The summed E-state index contributed by atoms with van der Waals surface area (Å²) in [5.41, 5.74) is 1.77. The zero-order chi connectivity index (χ0) is 19.0. The molecular weight excluding hydrogens is 379 g/mol. The van der Waals surface area contributed by atoms with E-state index in [0.717, 1.165) is 29.7 Å². The number of rotatable bonds is 4. The molecule has 2 saturated heterocycles. The molecule has 4 rings (SSSR count). The number of amides is 1. The van der Waals surface area contributed by atoms with Crippen LogP contribution in [0.1, 0.15) is 36.0 Å². The number of halogens is 2. The molecular formula is C22H26ClFN2O2. The van der Waals surface area contributed by atoms with Gasteiger partial charge in [-0.05, 0) is 61.1 Å². The van der Waals surface area contributed by atoms with E-state index < -0.39 is 5.82 Å². The lowest BCUT2D eigenvalue weighted by molar-refractivity contribution is 0.0677. The molecule has 2 atom stereocenters. The molecule has 2 fully saturated rings. The van der Waals surface area contributed by atoms with Crippen molar-refractivity contribution in [1.29, 1.82) is 0 Å². The van der Waals surface area contributed by atoms with Crippen molar-refractivity contribution >= 4 is 18.3 Å². The van der Waals surface area contributed by atoms with Gasteiger partial charge in [-0.3, -0.25) is 4.79 Å². The Bertz CT molecular complexity index is 831. The van der Waals surface area contributed by atoms with Crippen molar-refractivity contribution in [1.82, 2.24) is 10.2 Å². The monoisotopic (exact) mass is 404 g/mol. The largest absolute Gasteiger partial charge is 0.497 e. The van der Waals surface area contributed by atoms with Crippen LogP contribution >= 0.6 is 12.4 Å². The van der Waals surface area contributed by atoms with Crippen molar-refractivity contribution in [3.8, 4) is 16.9 Å². The number of hydrogen-bond acceptors (Lipinski definition) is 3. The van der Waals surface area contributed by atoms with Crippen LogP contribution in [0.15, 0.2) is 42.5 Å². The first-order valence-corrected chi connectivity index (χ1v) is 9.52. The Morgan fingerprint density at radius 1 is 1.07 bits per heavy atom. The number of carbonyl (C=O) groups is 1. The molecule has 2 heterocycles. The van der Waals surface area contributed by atoms with Crippen molar-refractivity contribution in [2.45, 2.75) is 43.8 Å². The van der Waals surface area contributed by atoms with Crippen LogP contribution < -0.4 is 10.1 Å². The Labute approximate surface area is 171 Å². The minimum Gasteiger partial charge on any atom is -0.497 e. The third kappa shape index (κ3) is 4.01. The summed E-state index contributed by atoms with van der Waals surface area (Å²) in [7, 11) is 3.41. The first-order valence-electron chi connectivity index (χ1n) is 9.52. The molecule has 0 aliphatic carbocycles. The van der Waals surface area contributed by atoms with E-state index in [1.54, 1.807) is 31.2 Å². The molecule has 150 valence electrons. The van der Waals surface area contributed by atoms with Crippen LogP contribution in [-0.2, 0) is 0 Å². The first kappa shape index (κ1) is 20.6. The highest BCUT2D eigenvalue weighted by Crippen LogP contribution is 2.30. The predicted molar refractivity (Wildman–Crippen MR) is 111 cm³/mol. The molecule has 0 radical (unpaired) electrons. The van der Waals surface area contributed by atoms with Crippen LogP contribution in [-0.4, -0.2) is 43.1 Å². The second-order valence-corrected chi connectivity index (χ2v) is 7.60. The van der Waals surface area contributed by atoms with E-state index in [-0.39, 0.29) is 29.9 Å². The van der Waals surface area contributed by atoms with Crippen LogP contribution in [0.5, 0.6) is 5.75 Å². The van der Waals surface area contributed by atoms with E-state index in [2.05, 4.69) is 5.32 Å². The lowest BCUT2D eigenvalue weighted by Crippen LogP contribution is -2.48. The molecule has 2 aromatic rings. The first-order chi connectivity index (χ1) is 13.0. The smallest absolute Gasteiger partial charge is 0.256 e. The van der Waals surface area contributed by atoms with Gasteiger partial charge in [0, 0.05) is 25.2 Å². The Morgan fingerprint density at radius 3 is 2.25 bits per heavy atom. The molecule has 2 aromatic carbocycles. The van der Waals surface area contributed by atoms with Gasteiger partial charge < -0.3 is 15.0 Å². The summed E-state index contributed by atoms with van der Waals surface area (Å²) < 4.78 is 19.9. The molecule has 2 unspecified atom stereocenters. The number of hydrogen-bond donors (Lipinski definition) is 1. The van der Waals surface area contributed by atoms with E-state index in [9.17, 15) is 9.18 Å². The van der Waals surface area contributed by atoms with Crippen LogP contribution in [0, 0.1) is 5.82 Å². The zero-order valence-corrected chi connectivity index (χ0v) is 17.0. The van der Waals surface area contributed by atoms with E-state index in [1.807, 2.05) is 24.3 Å². The number of ether oxygens (including phenoxy) is 1. The number of benzene rings is 2. The SMILES string of the molecule is COc1ccc(-c2ccc(C(=O)N(C)C3CC4CCC(C3)N4)c(F)c2)cc1.Cl. The van der Waals surface area contributed by atoms with Crippen LogP contribution in [0.25, 0.3) is 11.1 Å². The van der Waals surface area contributed by atoms with Gasteiger partial charge in [0.1, 0.15) is 11.6 Å². The van der Waals surface area contributed by atoms with Gasteiger partial charge in [-0.15, -0.1) is 12.4 Å². The third-order valence-electron chi connectivity index (χ3n) is 5.94. The Balaban J connectivity index is 0.00000225. The summed E-state index contributed by atoms with van der Waals surface area (Å²) in [5.74, 6) is 0.0424. The lowest BCUT2D eigenvalue weighted by Gasteiger charge is -2.35. The van der Waals surface area contributed by atoms with Gasteiger partial charge in [0.2, 0.25) is 0 Å². The Kier molecular flexibility index (Phi) is 6.26. The summed E-state index contributed by atoms with van der Waals surface area (Å²) >= 11 is 0. The van der Waals surface area contributed by atoms with Crippen LogP contribution in [0.4, 0.5) is 4.39 Å². The maximum Gasteiger partial charge on any atom is 0.256 e. The third-order valence-corrected chi connectivity index (χ3v) is 5.94. The molecule has 0 spiro atoms. The molecule has 0 saturated carbocycles. The van der Waals surface area contributed by atoms with Crippen LogP contribution in [0.3, 0.4) is 0 Å². The number of nitrogens with zero attached hydrogens (tertiary/aromatic N) is 1. The van der Waals surface area contributed by atoms with Gasteiger partial charge in [0.05, 0.1) is 12.7 Å². The second-order valence-electron chi connectivity index (χ2n) is 7.60. The lowest BCUT2D eigenvalue weighted by atomic mass is 9.97. The molecule has 2 aliphatic heterocycles. The fraction of sp³-hybridized carbons (Fsp3) is 0.409. The van der Waals surface area contributed by atoms with Crippen molar-refractivity contribution in [2.75, 3.05) is 14.2 Å². The van der Waals surface area contributed by atoms with E-state index >= 15 is 0 Å². The normalized spacial score (nSPS) is 23.0. The van der Waals surface area contributed by atoms with E-state index in [4.69, 9.17) is 4.74 Å². The number of nitrogens with one attached hydrogen (secondary N) is 1. The second kappa shape index (κ2) is 8.50. The molecule has 28 heavy (non-hydrogen) atoms. The number of piperidine rings is 1. The Morgan fingerprint density at radius 2 is 1.68 bits per heavy atom. The van der Waals surface area contributed by atoms with Crippen molar-refractivity contribution in [3.63, 3.8) is 0 Å². The number of carbonyl (C=O) groups excluding carboxylic acids is 1. The molecule has 4 nitrogen and oxygen atoms in total. The standard InChI is InChI=1S/C22H25FN2O2.ClH/c1-25(18-12-16-6-7-17(13-18)24-16)22(26)20-10-5-15(11-21(20)23)14-3-8-19(27-2)9-4-14;/h3-5,8-11,16-18,24H,6-7,12-13H2,1-2H3;1H. The summed E-state index contributed by atoms with van der Waals surface area (Å²) in [6.07, 6.45) is 4.25. The fourth-order valence-corrected chi connectivity index (χ4v) is 4.35. The minimum atomic E-state index is -0.475. The quantitative estimate of drug-likeness (QED) is 0.827. The fourth-order valence-electron chi connectivity index (χ4n) is 4.35. The number of methoxy groups -OCH3 is 1. The van der Waals surface area contributed by atoms with E-state index in [1.165, 1.54) is 18.9 Å². The topological polar surface area (TPSA) is 41.6 Å². The minimum absolute atomic E-state index is 0. The summed E-state index contributed by atoms with van der Waals surface area (Å²) in [6, 6.07) is 13.4. The van der Waals surface area contributed by atoms with Crippen molar-refractivity contribution in [2.24, 2.45) is 0 Å². The van der Waals surface area contributed by atoms with Crippen molar-refractivity contribution < 1.29 is 13.9 Å². The maximum absolute atomic E-state index is 14.7. The highest BCUT2D eigenvalue weighted by Gasteiger charge is 2.36. The highest BCUT2D eigenvalue weighted by molar-refractivity contribution is 5.95. The summed E-state index contributed by atoms with van der Waals surface area (Å²) in [4.78, 5) is 14.6. The summed E-state index contributed by atoms with van der Waals surface area (Å²) in [5, 5.41) is 3.58. The predicted octanol–water partition coefficient (Wildman–Crippen LogP) is 4.28. The van der Waals surface area contributed by atoms with Crippen molar-refractivity contribution in [3.05, 3.63) is 53.8 Å². The average molecular weight is 405 g/mol. The average Bonchev–Trinajstić information content (AvgIpc) is 3.04. The van der Waals surface area contributed by atoms with Gasteiger partial charge in [0.15, 0.2) is 0 Å². The van der Waals surface area contributed by atoms with Gasteiger partial charge in [-0.25, -0.2) is 4.39 Å². The van der Waals surface area contributed by atoms with Gasteiger partial charge in [-0.1, -0.05) is 18.2 Å². The molecule has 1 amide bonds. The molecule has 6 heteroatoms. The molecule has 2 aliphatic rings. The molecule has 0 aromatic heterocycles. The van der Waals surface area contributed by atoms with E-state index in [0.29, 0.717) is 12.1 Å². The van der Waals surface area contributed by atoms with Gasteiger partial charge in [-0.2, -0.15) is 0 Å². The zero-order valence-electron chi connectivity index (χ0n) is 16.2. The van der Waals surface area contributed by atoms with Crippen LogP contribution in [0.2, 0.25) is 0 Å².